The van der Waals surface area contributed by atoms with E-state index in [2.05, 4.69) is 20.3 Å². The number of nitrogens with zero attached hydrogens (tertiary/aromatic N) is 4. The minimum Gasteiger partial charge on any atom is -0.381 e. The molecule has 0 saturated heterocycles. The van der Waals surface area contributed by atoms with E-state index in [4.69, 9.17) is 5.73 Å². The third-order valence-corrected chi connectivity index (χ3v) is 5.45. The first-order valence-corrected chi connectivity index (χ1v) is 9.99. The maximum atomic E-state index is 14.8. The minimum atomic E-state index is -0.426. The van der Waals surface area contributed by atoms with Crippen LogP contribution < -0.4 is 11.1 Å². The van der Waals surface area contributed by atoms with Crippen molar-refractivity contribution in [3.63, 3.8) is 0 Å². The van der Waals surface area contributed by atoms with Gasteiger partial charge in [0.15, 0.2) is 11.5 Å². The fourth-order valence-electron chi connectivity index (χ4n) is 3.85. The highest BCUT2D eigenvalue weighted by Crippen LogP contribution is 2.36. The molecule has 158 valence electrons. The van der Waals surface area contributed by atoms with Gasteiger partial charge < -0.3 is 11.1 Å². The van der Waals surface area contributed by atoms with Crippen molar-refractivity contribution in [3.8, 4) is 22.5 Å². The lowest BCUT2D eigenvalue weighted by Crippen LogP contribution is -2.17. The van der Waals surface area contributed by atoms with E-state index in [0.29, 0.717) is 22.6 Å². The van der Waals surface area contributed by atoms with E-state index in [0.717, 1.165) is 22.0 Å². The van der Waals surface area contributed by atoms with Gasteiger partial charge in [-0.1, -0.05) is 18.2 Å². The predicted molar refractivity (Wildman–Crippen MR) is 122 cm³/mol. The maximum absolute atomic E-state index is 14.8. The third kappa shape index (κ3) is 3.04. The molecule has 0 spiro atoms. The van der Waals surface area contributed by atoms with Crippen LogP contribution in [0.2, 0.25) is 0 Å². The molecule has 0 bridgehead atoms. The lowest BCUT2D eigenvalue weighted by molar-refractivity contribution is 0.0959. The summed E-state index contributed by atoms with van der Waals surface area (Å²) in [6.07, 6.45) is 3.35. The Kier molecular flexibility index (Phi) is 4.55. The Morgan fingerprint density at radius 3 is 2.72 bits per heavy atom. The van der Waals surface area contributed by atoms with Crippen molar-refractivity contribution in [3.05, 3.63) is 78.0 Å². The van der Waals surface area contributed by atoms with E-state index in [-0.39, 0.29) is 17.4 Å². The predicted octanol–water partition coefficient (Wildman–Crippen LogP) is 4.00. The summed E-state index contributed by atoms with van der Waals surface area (Å²) >= 11 is 0. The van der Waals surface area contributed by atoms with Gasteiger partial charge in [0.2, 0.25) is 0 Å². The number of amides is 1. The van der Waals surface area contributed by atoms with E-state index in [1.165, 1.54) is 13.1 Å². The Bertz CT molecular complexity index is 1520. The quantitative estimate of drug-likeness (QED) is 0.454. The van der Waals surface area contributed by atoms with Gasteiger partial charge in [-0.25, -0.2) is 14.4 Å². The number of aromatic nitrogens is 4. The summed E-state index contributed by atoms with van der Waals surface area (Å²) in [6.45, 7) is 2.00. The Balaban J connectivity index is 1.90. The van der Waals surface area contributed by atoms with E-state index < -0.39 is 5.82 Å². The van der Waals surface area contributed by atoms with Crippen LogP contribution in [0, 0.1) is 12.7 Å². The zero-order valence-corrected chi connectivity index (χ0v) is 17.4. The van der Waals surface area contributed by atoms with Crippen LogP contribution in [0.25, 0.3) is 39.1 Å². The summed E-state index contributed by atoms with van der Waals surface area (Å²) in [6, 6.07) is 14.1. The molecule has 5 rings (SSSR count). The minimum absolute atomic E-state index is 0.0980. The number of benzene rings is 2. The molecule has 0 aliphatic rings. The molecule has 3 aromatic heterocycles. The van der Waals surface area contributed by atoms with Gasteiger partial charge in [-0.15, -0.1) is 0 Å². The van der Waals surface area contributed by atoms with Crippen molar-refractivity contribution in [1.82, 2.24) is 24.7 Å². The van der Waals surface area contributed by atoms with Gasteiger partial charge in [0.05, 0.1) is 11.2 Å². The van der Waals surface area contributed by atoms with Gasteiger partial charge in [-0.3, -0.25) is 14.2 Å². The summed E-state index contributed by atoms with van der Waals surface area (Å²) in [5, 5.41) is 3.52. The maximum Gasteiger partial charge on any atom is 0.271 e. The molecule has 8 heteroatoms. The third-order valence-electron chi connectivity index (χ3n) is 5.45. The van der Waals surface area contributed by atoms with Crippen molar-refractivity contribution < 1.29 is 9.18 Å². The fraction of sp³-hybridized carbons (Fsp3) is 0.0833. The monoisotopic (exact) mass is 426 g/mol. The highest BCUT2D eigenvalue weighted by molar-refractivity contribution is 5.95. The molecule has 32 heavy (non-hydrogen) atoms. The molecule has 1 amide bonds. The first kappa shape index (κ1) is 19.6. The van der Waals surface area contributed by atoms with Crippen LogP contribution in [0.4, 0.5) is 10.2 Å². The second-order valence-electron chi connectivity index (χ2n) is 7.43. The SMILES string of the molecule is CNC(=O)c1cn2c(-c3ccc4nccc(C)c4c3)c(-c3ccccc3F)nc(N)c2n1. The van der Waals surface area contributed by atoms with Crippen LogP contribution in [0.1, 0.15) is 16.1 Å². The van der Waals surface area contributed by atoms with Crippen molar-refractivity contribution in [2.45, 2.75) is 6.92 Å². The number of carbonyl (C=O) groups excluding carboxylic acids is 1. The molecule has 7 nitrogen and oxygen atoms in total. The van der Waals surface area contributed by atoms with Gasteiger partial charge in [0, 0.05) is 36.0 Å². The molecule has 3 N–H and O–H groups in total. The number of pyridine rings is 1. The zero-order valence-electron chi connectivity index (χ0n) is 17.4. The average molecular weight is 426 g/mol. The number of hydrogen-bond acceptors (Lipinski definition) is 5. The number of nitrogens with one attached hydrogen (secondary N) is 1. The second kappa shape index (κ2) is 7.42. The molecule has 0 aliphatic heterocycles. The Hall–Kier alpha value is -4.33. The molecule has 0 atom stereocenters. The molecule has 0 radical (unpaired) electrons. The largest absolute Gasteiger partial charge is 0.381 e. The normalized spacial score (nSPS) is 11.2. The number of imidazole rings is 1. The van der Waals surface area contributed by atoms with Crippen molar-refractivity contribution >= 4 is 28.3 Å². The van der Waals surface area contributed by atoms with Gasteiger partial charge in [0.1, 0.15) is 17.2 Å². The summed E-state index contributed by atoms with van der Waals surface area (Å²) in [7, 11) is 1.53. The number of halogens is 1. The average Bonchev–Trinajstić information content (AvgIpc) is 3.25. The van der Waals surface area contributed by atoms with Gasteiger partial charge >= 0.3 is 0 Å². The smallest absolute Gasteiger partial charge is 0.271 e. The van der Waals surface area contributed by atoms with E-state index in [9.17, 15) is 9.18 Å². The van der Waals surface area contributed by atoms with E-state index in [1.807, 2.05) is 31.2 Å². The first-order valence-electron chi connectivity index (χ1n) is 9.99. The van der Waals surface area contributed by atoms with Crippen molar-refractivity contribution in [2.75, 3.05) is 12.8 Å². The van der Waals surface area contributed by atoms with Crippen LogP contribution in [-0.4, -0.2) is 32.3 Å². The zero-order chi connectivity index (χ0) is 22.4. The van der Waals surface area contributed by atoms with Crippen molar-refractivity contribution in [2.24, 2.45) is 0 Å². The van der Waals surface area contributed by atoms with Crippen LogP contribution >= 0.6 is 0 Å². The molecule has 2 aromatic carbocycles. The van der Waals surface area contributed by atoms with Crippen LogP contribution in [0.5, 0.6) is 0 Å². The van der Waals surface area contributed by atoms with Crippen LogP contribution in [0.3, 0.4) is 0 Å². The molecule has 0 unspecified atom stereocenters. The lowest BCUT2D eigenvalue weighted by Gasteiger charge is -2.15. The molecule has 0 fully saturated rings. The second-order valence-corrected chi connectivity index (χ2v) is 7.43. The van der Waals surface area contributed by atoms with Gasteiger partial charge in [0.25, 0.3) is 5.91 Å². The number of nitrogens with two attached hydrogens (primary N) is 1. The first-order chi connectivity index (χ1) is 15.5. The number of rotatable bonds is 3. The number of anilines is 1. The number of hydrogen-bond donors (Lipinski definition) is 2. The number of nitrogen functional groups attached to an aromatic ring is 1. The Morgan fingerprint density at radius 1 is 1.12 bits per heavy atom. The summed E-state index contributed by atoms with van der Waals surface area (Å²) < 4.78 is 16.5. The highest BCUT2D eigenvalue weighted by atomic mass is 19.1. The molecule has 0 saturated carbocycles. The number of carbonyl (C=O) groups is 1. The van der Waals surface area contributed by atoms with Crippen LogP contribution in [-0.2, 0) is 0 Å². The molecule has 0 aliphatic carbocycles. The molecular weight excluding hydrogens is 407 g/mol. The molecular formula is C24H19FN6O. The van der Waals surface area contributed by atoms with Gasteiger partial charge in [-0.05, 0) is 42.8 Å². The summed E-state index contributed by atoms with van der Waals surface area (Å²) in [5.41, 5.74) is 10.6. The Morgan fingerprint density at radius 2 is 1.94 bits per heavy atom. The van der Waals surface area contributed by atoms with Crippen molar-refractivity contribution in [1.29, 1.82) is 0 Å². The fourth-order valence-corrected chi connectivity index (χ4v) is 3.85. The Labute approximate surface area is 182 Å². The van der Waals surface area contributed by atoms with E-state index in [1.54, 1.807) is 35.0 Å². The standard InChI is InChI=1S/C24H19FN6O/c1-13-9-10-28-18-8-7-14(11-16(13)18)21-20(15-5-3-4-6-17(15)25)30-22(26)23-29-19(12-31(21)23)24(32)27-2/h3-12H,1-2H3,(H2,26,30)(H,27,32). The highest BCUT2D eigenvalue weighted by Gasteiger charge is 2.22. The number of fused-ring (bicyclic) bond motifs is 2. The molecule has 5 aromatic rings. The molecule has 3 heterocycles. The van der Waals surface area contributed by atoms with E-state index >= 15 is 0 Å². The van der Waals surface area contributed by atoms with Gasteiger partial charge in [-0.2, -0.15) is 0 Å². The van der Waals surface area contributed by atoms with Crippen LogP contribution in [0.15, 0.2) is 60.9 Å². The summed E-state index contributed by atoms with van der Waals surface area (Å²) in [5.74, 6) is -0.684. The number of aryl methyl sites for hydroxylation is 1. The summed E-state index contributed by atoms with van der Waals surface area (Å²) in [4.78, 5) is 25.6. The lowest BCUT2D eigenvalue weighted by atomic mass is 10.0. The topological polar surface area (TPSA) is 98.2 Å².